The quantitative estimate of drug-likeness (QED) is 0.529. The molecule has 0 radical (unpaired) electrons. The van der Waals surface area contributed by atoms with Crippen LogP contribution in [0.25, 0.3) is 0 Å². The zero-order valence-electron chi connectivity index (χ0n) is 21.6. The van der Waals surface area contributed by atoms with Gasteiger partial charge in [-0.25, -0.2) is 0 Å². The number of methoxy groups -OCH3 is 2. The molecule has 1 aromatic carbocycles. The van der Waals surface area contributed by atoms with E-state index in [0.717, 1.165) is 62.7 Å². The number of rotatable bonds is 4. The molecule has 1 amide bonds. The predicted molar refractivity (Wildman–Crippen MR) is 131 cm³/mol. The van der Waals surface area contributed by atoms with Gasteiger partial charge in [0.05, 0.1) is 19.6 Å². The summed E-state index contributed by atoms with van der Waals surface area (Å²) in [6.45, 7) is 7.58. The Bertz CT molecular complexity index is 975. The summed E-state index contributed by atoms with van der Waals surface area (Å²) in [5.74, 6) is 1.96. The van der Waals surface area contributed by atoms with Gasteiger partial charge in [-0.2, -0.15) is 0 Å². The molecule has 3 aliphatic carbocycles. The second-order valence-corrected chi connectivity index (χ2v) is 12.5. The van der Waals surface area contributed by atoms with E-state index in [1.165, 1.54) is 7.11 Å². The van der Waals surface area contributed by atoms with Gasteiger partial charge in [0, 0.05) is 18.5 Å². The topological polar surface area (TPSA) is 55.8 Å². The first-order valence-corrected chi connectivity index (χ1v) is 13.1. The highest BCUT2D eigenvalue weighted by atomic mass is 16.5. The van der Waals surface area contributed by atoms with E-state index in [1.807, 2.05) is 12.1 Å². The second-order valence-electron chi connectivity index (χ2n) is 12.5. The Hall–Kier alpha value is -2.04. The Kier molecular flexibility index (Phi) is 5.57. The molecule has 0 aromatic heterocycles. The molecule has 3 saturated carbocycles. The lowest BCUT2D eigenvalue weighted by atomic mass is 9.38. The predicted octanol–water partition coefficient (Wildman–Crippen LogP) is 5.75. The SMILES string of the molecule is COC(=O)[C@]1(C)CCC[C@@]2(C)C3CC[C@@]4(C)C[C@]3(CCC21)CC(=O)N4Cc1ccc(OC)cc1. The van der Waals surface area contributed by atoms with Gasteiger partial charge < -0.3 is 14.4 Å². The number of hydrogen-bond donors (Lipinski definition) is 0. The first-order valence-electron chi connectivity index (χ1n) is 13.1. The Morgan fingerprint density at radius 1 is 1.00 bits per heavy atom. The first-order chi connectivity index (χ1) is 16.1. The molecular formula is C29H41NO4. The number of carbonyl (C=O) groups is 2. The maximum Gasteiger partial charge on any atom is 0.311 e. The van der Waals surface area contributed by atoms with Crippen molar-refractivity contribution in [3.05, 3.63) is 29.8 Å². The fourth-order valence-electron chi connectivity index (χ4n) is 9.31. The number of nitrogens with zero attached hydrogens (tertiary/aromatic N) is 1. The van der Waals surface area contributed by atoms with Gasteiger partial charge in [-0.15, -0.1) is 0 Å². The van der Waals surface area contributed by atoms with E-state index < -0.39 is 5.41 Å². The van der Waals surface area contributed by atoms with Gasteiger partial charge in [-0.05, 0) is 99.2 Å². The largest absolute Gasteiger partial charge is 0.497 e. The number of piperidine rings is 1. The van der Waals surface area contributed by atoms with Gasteiger partial charge >= 0.3 is 5.97 Å². The van der Waals surface area contributed by atoms with Crippen LogP contribution in [0, 0.1) is 28.1 Å². The molecule has 5 heteroatoms. The summed E-state index contributed by atoms with van der Waals surface area (Å²) in [5.41, 5.74) is 0.822. The Balaban J connectivity index is 1.42. The minimum absolute atomic E-state index is 0.0367. The molecule has 186 valence electrons. The number of likely N-dealkylation sites (tertiary alicyclic amines) is 1. The first kappa shape index (κ1) is 23.7. The van der Waals surface area contributed by atoms with Crippen molar-refractivity contribution in [1.29, 1.82) is 0 Å². The highest BCUT2D eigenvalue weighted by Gasteiger charge is 2.67. The van der Waals surface area contributed by atoms with Gasteiger partial charge in [-0.1, -0.05) is 25.5 Å². The Morgan fingerprint density at radius 3 is 2.38 bits per heavy atom. The number of carbonyl (C=O) groups excluding carboxylic acids is 2. The van der Waals surface area contributed by atoms with Crippen LogP contribution in [0.2, 0.25) is 0 Å². The molecule has 1 aliphatic heterocycles. The summed E-state index contributed by atoms with van der Waals surface area (Å²) in [7, 11) is 3.21. The summed E-state index contributed by atoms with van der Waals surface area (Å²) in [6.07, 6.45) is 9.17. The fraction of sp³-hybridized carbons (Fsp3) is 0.724. The van der Waals surface area contributed by atoms with E-state index in [9.17, 15) is 9.59 Å². The van der Waals surface area contributed by atoms with Crippen molar-refractivity contribution in [2.24, 2.45) is 28.1 Å². The van der Waals surface area contributed by atoms with Crippen LogP contribution >= 0.6 is 0 Å². The van der Waals surface area contributed by atoms with Crippen LogP contribution in [-0.2, 0) is 20.9 Å². The van der Waals surface area contributed by atoms with Gasteiger partial charge in [0.1, 0.15) is 5.75 Å². The summed E-state index contributed by atoms with van der Waals surface area (Å²) < 4.78 is 10.6. The number of fused-ring (bicyclic) bond motifs is 3. The fourth-order valence-corrected chi connectivity index (χ4v) is 9.31. The van der Waals surface area contributed by atoms with Crippen LogP contribution in [0.5, 0.6) is 5.75 Å². The summed E-state index contributed by atoms with van der Waals surface area (Å²) in [5, 5.41) is 0. The summed E-state index contributed by atoms with van der Waals surface area (Å²) >= 11 is 0. The van der Waals surface area contributed by atoms with Crippen molar-refractivity contribution < 1.29 is 19.1 Å². The monoisotopic (exact) mass is 467 g/mol. The van der Waals surface area contributed by atoms with Gasteiger partial charge in [-0.3, -0.25) is 9.59 Å². The minimum atomic E-state index is -0.400. The zero-order chi connectivity index (χ0) is 24.4. The average molecular weight is 468 g/mol. The number of hydrogen-bond acceptors (Lipinski definition) is 4. The molecule has 1 saturated heterocycles. The molecule has 6 atom stereocenters. The van der Waals surface area contributed by atoms with E-state index in [1.54, 1.807) is 7.11 Å². The third kappa shape index (κ3) is 3.32. The van der Waals surface area contributed by atoms with E-state index >= 15 is 0 Å². The molecule has 5 rings (SSSR count). The molecule has 1 aromatic rings. The molecule has 4 fully saturated rings. The van der Waals surface area contributed by atoms with Crippen molar-refractivity contribution >= 4 is 11.9 Å². The Labute approximate surface area is 204 Å². The second kappa shape index (κ2) is 7.99. The third-order valence-electron chi connectivity index (χ3n) is 10.8. The number of esters is 1. The highest BCUT2D eigenvalue weighted by molar-refractivity contribution is 5.80. The maximum atomic E-state index is 13.8. The van der Waals surface area contributed by atoms with Crippen LogP contribution in [0.3, 0.4) is 0 Å². The lowest BCUT2D eigenvalue weighted by Gasteiger charge is -2.69. The smallest absolute Gasteiger partial charge is 0.311 e. The maximum absolute atomic E-state index is 13.8. The standard InChI is InChI=1S/C29H41NO4/c1-26-15-11-23-27(2)13-6-14-28(3,25(32)34-5)22(27)12-16-29(23,19-26)17-24(31)30(26)18-20-7-9-21(33-4)10-8-20/h7-10,22-23H,6,11-19H2,1-5H3/t22?,23?,26-,27+,28+,29-/m0/s1. The van der Waals surface area contributed by atoms with Crippen molar-refractivity contribution in [3.8, 4) is 5.75 Å². The van der Waals surface area contributed by atoms with Crippen molar-refractivity contribution in [1.82, 2.24) is 4.90 Å². The van der Waals surface area contributed by atoms with Crippen molar-refractivity contribution in [2.75, 3.05) is 14.2 Å². The number of amides is 1. The summed E-state index contributed by atoms with van der Waals surface area (Å²) in [6, 6.07) is 8.11. The van der Waals surface area contributed by atoms with Gasteiger partial charge in [0.15, 0.2) is 0 Å². The molecule has 34 heavy (non-hydrogen) atoms. The van der Waals surface area contributed by atoms with Crippen LogP contribution in [0.15, 0.2) is 24.3 Å². The lowest BCUT2D eigenvalue weighted by Crippen LogP contribution is -2.67. The van der Waals surface area contributed by atoms with Crippen LogP contribution in [0.1, 0.15) is 84.1 Å². The molecule has 5 nitrogen and oxygen atoms in total. The molecular weight excluding hydrogens is 426 g/mol. The average Bonchev–Trinajstić information content (AvgIpc) is 2.80. The molecule has 2 bridgehead atoms. The van der Waals surface area contributed by atoms with Gasteiger partial charge in [0.2, 0.25) is 5.91 Å². The summed E-state index contributed by atoms with van der Waals surface area (Å²) in [4.78, 5) is 28.9. The van der Waals surface area contributed by atoms with E-state index in [0.29, 0.717) is 30.7 Å². The molecule has 1 spiro atoms. The Morgan fingerprint density at radius 2 is 1.71 bits per heavy atom. The van der Waals surface area contributed by atoms with Crippen LogP contribution < -0.4 is 4.74 Å². The van der Waals surface area contributed by atoms with E-state index in [-0.39, 0.29) is 22.3 Å². The molecule has 0 N–H and O–H groups in total. The van der Waals surface area contributed by atoms with Crippen LogP contribution in [0.4, 0.5) is 0 Å². The normalized spacial score (nSPS) is 41.3. The van der Waals surface area contributed by atoms with E-state index in [4.69, 9.17) is 9.47 Å². The molecule has 4 aliphatic rings. The van der Waals surface area contributed by atoms with Crippen molar-refractivity contribution in [2.45, 2.75) is 90.6 Å². The number of ether oxygens (including phenoxy) is 2. The highest BCUT2D eigenvalue weighted by Crippen LogP contribution is 2.71. The van der Waals surface area contributed by atoms with E-state index in [2.05, 4.69) is 37.8 Å². The van der Waals surface area contributed by atoms with Gasteiger partial charge in [0.25, 0.3) is 0 Å². The number of benzene rings is 1. The van der Waals surface area contributed by atoms with Crippen molar-refractivity contribution in [3.63, 3.8) is 0 Å². The van der Waals surface area contributed by atoms with Crippen LogP contribution in [-0.4, -0.2) is 36.5 Å². The molecule has 1 heterocycles. The minimum Gasteiger partial charge on any atom is -0.497 e. The lowest BCUT2D eigenvalue weighted by molar-refractivity contribution is -0.210. The molecule has 2 unspecified atom stereocenters. The third-order valence-corrected chi connectivity index (χ3v) is 10.8. The zero-order valence-corrected chi connectivity index (χ0v) is 21.6.